The monoisotopic (exact) mass is 227 g/mol. The molecule has 2 rings (SSSR count). The highest BCUT2D eigenvalue weighted by Crippen LogP contribution is 2.32. The van der Waals surface area contributed by atoms with Crippen LogP contribution in [0.5, 0.6) is 0 Å². The lowest BCUT2D eigenvalue weighted by atomic mass is 10.2. The van der Waals surface area contributed by atoms with E-state index in [4.69, 9.17) is 5.73 Å². The minimum atomic E-state index is -0.691. The predicted molar refractivity (Wildman–Crippen MR) is 53.5 cm³/mol. The first-order chi connectivity index (χ1) is 7.65. The Kier molecular flexibility index (Phi) is 2.99. The van der Waals surface area contributed by atoms with Gasteiger partial charge in [-0.1, -0.05) is 0 Å². The fourth-order valence-corrected chi connectivity index (χ4v) is 2.20. The normalized spacial score (nSPS) is 29.3. The van der Waals surface area contributed by atoms with E-state index in [0.29, 0.717) is 25.7 Å². The van der Waals surface area contributed by atoms with Gasteiger partial charge in [-0.25, -0.2) is 8.78 Å². The van der Waals surface area contributed by atoms with Gasteiger partial charge in [0.05, 0.1) is 6.04 Å². The minimum absolute atomic E-state index is 0.193. The first-order valence-electron chi connectivity index (χ1n) is 5.32. The number of isocyanates is 1. The van der Waals surface area contributed by atoms with Crippen LogP contribution < -0.4 is 5.73 Å². The van der Waals surface area contributed by atoms with Crippen molar-refractivity contribution in [3.05, 3.63) is 23.4 Å². The Balaban J connectivity index is 2.32. The van der Waals surface area contributed by atoms with Crippen molar-refractivity contribution >= 4 is 6.08 Å². The van der Waals surface area contributed by atoms with Gasteiger partial charge in [0, 0.05) is 12.8 Å². The van der Waals surface area contributed by atoms with E-state index in [1.807, 2.05) is 0 Å². The highest BCUT2D eigenvalue weighted by molar-refractivity contribution is 5.30. The molecule has 2 aliphatic rings. The number of allylic oxidation sites excluding steroid dienone is 2. The number of carbonyl (C=O) groups excluding carboxylic acids is 1. The fourth-order valence-electron chi connectivity index (χ4n) is 2.20. The Morgan fingerprint density at radius 1 is 1.44 bits per heavy atom. The summed E-state index contributed by atoms with van der Waals surface area (Å²) in [4.78, 5) is 10.8. The molecule has 0 bridgehead atoms. The van der Waals surface area contributed by atoms with Gasteiger partial charge in [0.1, 0.15) is 0 Å². The van der Waals surface area contributed by atoms with E-state index in [9.17, 15) is 13.6 Å². The molecule has 0 aromatic rings. The van der Waals surface area contributed by atoms with Gasteiger partial charge >= 0.3 is 6.08 Å². The van der Waals surface area contributed by atoms with Crippen molar-refractivity contribution in [2.45, 2.75) is 37.8 Å². The lowest BCUT2D eigenvalue weighted by Crippen LogP contribution is -2.24. The number of nitrogens with zero attached hydrogens (tertiary/aromatic N) is 1. The average Bonchev–Trinajstić information content (AvgIpc) is 2.81. The molecule has 16 heavy (non-hydrogen) atoms. The lowest BCUT2D eigenvalue weighted by Gasteiger charge is -2.05. The molecule has 0 spiro atoms. The summed E-state index contributed by atoms with van der Waals surface area (Å²) in [6.45, 7) is 0. The first-order valence-corrected chi connectivity index (χ1v) is 5.32. The number of halogens is 2. The molecule has 2 atom stereocenters. The van der Waals surface area contributed by atoms with Crippen LogP contribution in [0.2, 0.25) is 0 Å². The largest absolute Gasteiger partial charge is 0.431 e. The quantitative estimate of drug-likeness (QED) is 0.443. The predicted octanol–water partition coefficient (Wildman–Crippen LogP) is 1.65. The van der Waals surface area contributed by atoms with Crippen LogP contribution in [0.1, 0.15) is 25.7 Å². The molecule has 0 heterocycles. The van der Waals surface area contributed by atoms with Crippen LogP contribution in [0.15, 0.2) is 23.4 Å². The Morgan fingerprint density at radius 2 is 2.19 bits per heavy atom. The highest BCUT2D eigenvalue weighted by Gasteiger charge is 2.39. The number of hydrogen-bond donors (Lipinski definition) is 1. The molecule has 0 aromatic heterocycles. The third-order valence-electron chi connectivity index (χ3n) is 3.09. The third-order valence-corrected chi connectivity index (χ3v) is 3.09. The van der Waals surface area contributed by atoms with Gasteiger partial charge in [-0.3, -0.25) is 0 Å². The molecule has 3 nitrogen and oxygen atoms in total. The van der Waals surface area contributed by atoms with Gasteiger partial charge in [-0.15, -0.1) is 4.58 Å². The maximum absolute atomic E-state index is 13.6. The van der Waals surface area contributed by atoms with Crippen LogP contribution in [0.3, 0.4) is 0 Å². The van der Waals surface area contributed by atoms with Gasteiger partial charge < -0.3 is 5.73 Å². The van der Waals surface area contributed by atoms with Crippen molar-refractivity contribution in [2.24, 2.45) is 5.73 Å². The van der Waals surface area contributed by atoms with E-state index >= 15 is 0 Å². The third kappa shape index (κ3) is 1.72. The highest BCUT2D eigenvalue weighted by atomic mass is 19.1. The van der Waals surface area contributed by atoms with Crippen molar-refractivity contribution in [3.63, 3.8) is 0 Å². The topological polar surface area (TPSA) is 46.1 Å². The van der Waals surface area contributed by atoms with Crippen LogP contribution in [0.25, 0.3) is 0 Å². The van der Waals surface area contributed by atoms with Crippen molar-refractivity contribution in [2.75, 3.05) is 0 Å². The zero-order valence-electron chi connectivity index (χ0n) is 8.75. The summed E-state index contributed by atoms with van der Waals surface area (Å²) < 4.78 is 28.0. The van der Waals surface area contributed by atoms with Gasteiger partial charge in [0.25, 0.3) is 0 Å². The van der Waals surface area contributed by atoms with E-state index in [1.54, 1.807) is 6.08 Å². The first kappa shape index (κ1) is 11.2. The summed E-state index contributed by atoms with van der Waals surface area (Å²) >= 11 is 0. The second-order valence-electron chi connectivity index (χ2n) is 4.08. The van der Waals surface area contributed by atoms with Crippen molar-refractivity contribution in [3.8, 4) is 0 Å². The summed E-state index contributed by atoms with van der Waals surface area (Å²) in [5, 5.41) is 0. The number of nitrogens with two attached hydrogens (primary N) is 1. The molecule has 0 amide bonds. The molecule has 0 radical (unpaired) electrons. The Morgan fingerprint density at radius 3 is 2.62 bits per heavy atom. The van der Waals surface area contributed by atoms with E-state index in [0.717, 1.165) is 4.58 Å². The van der Waals surface area contributed by atoms with E-state index in [1.165, 1.54) is 6.08 Å². The molecule has 0 aromatic carbocycles. The molecule has 0 saturated heterocycles. The molecule has 0 saturated carbocycles. The Labute approximate surface area is 91.9 Å². The van der Waals surface area contributed by atoms with Crippen molar-refractivity contribution < 1.29 is 18.2 Å². The summed E-state index contributed by atoms with van der Waals surface area (Å²) in [6.07, 6.45) is 4.90. The van der Waals surface area contributed by atoms with Crippen LogP contribution in [0, 0.1) is 0 Å². The molecule has 5 heteroatoms. The zero-order chi connectivity index (χ0) is 11.7. The standard InChI is InChI=1S/C11H13F2N2O/c12-7-2-1-3-9(7)15(6-16)10-5-4-8(14)11(10)13/h2,8-9H,1,3-5,14H2/q+1. The average molecular weight is 227 g/mol. The van der Waals surface area contributed by atoms with Crippen LogP contribution >= 0.6 is 0 Å². The zero-order valence-corrected chi connectivity index (χ0v) is 8.75. The molecule has 2 unspecified atom stereocenters. The van der Waals surface area contributed by atoms with E-state index in [-0.39, 0.29) is 11.5 Å². The molecular formula is C11H13F2N2O+. The summed E-state index contributed by atoms with van der Waals surface area (Å²) in [5.74, 6) is -0.896. The van der Waals surface area contributed by atoms with Gasteiger partial charge in [0.2, 0.25) is 11.7 Å². The van der Waals surface area contributed by atoms with E-state index < -0.39 is 17.9 Å². The Bertz CT molecular complexity index is 422. The molecular weight excluding hydrogens is 214 g/mol. The van der Waals surface area contributed by atoms with E-state index in [2.05, 4.69) is 0 Å². The number of rotatable bonds is 2. The smallest absolute Gasteiger partial charge is 0.322 e. The van der Waals surface area contributed by atoms with Crippen LogP contribution in [-0.2, 0) is 4.79 Å². The number of hydrogen-bond acceptors (Lipinski definition) is 2. The Hall–Kier alpha value is -1.32. The fraction of sp³-hybridized carbons (Fsp3) is 0.545. The van der Waals surface area contributed by atoms with Crippen molar-refractivity contribution in [1.29, 1.82) is 0 Å². The van der Waals surface area contributed by atoms with Gasteiger partial charge in [-0.05, 0) is 18.9 Å². The second kappa shape index (κ2) is 4.28. The summed E-state index contributed by atoms with van der Waals surface area (Å²) in [7, 11) is 0. The SMILES string of the molecule is NC1CCC([N+](=C=O)C2CCC=C2F)=C1F. The van der Waals surface area contributed by atoms with Crippen LogP contribution in [0.4, 0.5) is 8.78 Å². The summed E-state index contributed by atoms with van der Waals surface area (Å²) in [6, 6.07) is -1.36. The van der Waals surface area contributed by atoms with Crippen LogP contribution in [-0.4, -0.2) is 22.7 Å². The maximum atomic E-state index is 13.6. The summed E-state index contributed by atoms with van der Waals surface area (Å²) in [5.41, 5.74) is 5.69. The second-order valence-corrected chi connectivity index (χ2v) is 4.08. The molecule has 0 fully saturated rings. The van der Waals surface area contributed by atoms with Gasteiger partial charge in [0.15, 0.2) is 11.7 Å². The van der Waals surface area contributed by atoms with Gasteiger partial charge in [-0.2, -0.15) is 4.79 Å². The molecule has 2 aliphatic carbocycles. The molecule has 2 N–H and O–H groups in total. The molecule has 86 valence electrons. The lowest BCUT2D eigenvalue weighted by molar-refractivity contribution is -0.511. The maximum Gasteiger partial charge on any atom is 0.431 e. The molecule has 0 aliphatic heterocycles. The minimum Gasteiger partial charge on any atom is -0.322 e. The van der Waals surface area contributed by atoms with Crippen molar-refractivity contribution in [1.82, 2.24) is 0 Å².